The summed E-state index contributed by atoms with van der Waals surface area (Å²) in [6.45, 7) is 4.80. The van der Waals surface area contributed by atoms with Crippen molar-refractivity contribution < 1.29 is 9.53 Å². The molecule has 0 saturated carbocycles. The van der Waals surface area contributed by atoms with Gasteiger partial charge in [-0.25, -0.2) is 4.98 Å². The summed E-state index contributed by atoms with van der Waals surface area (Å²) in [4.78, 5) is 35.6. The number of rotatable bonds is 4. The molecule has 0 aliphatic carbocycles. The predicted octanol–water partition coefficient (Wildman–Crippen LogP) is 2.15. The van der Waals surface area contributed by atoms with Gasteiger partial charge in [0.2, 0.25) is 5.91 Å². The Hall–Kier alpha value is -2.55. The van der Waals surface area contributed by atoms with Crippen LogP contribution < -0.4 is 5.56 Å². The second-order valence-electron chi connectivity index (χ2n) is 8.27. The van der Waals surface area contributed by atoms with Crippen LogP contribution in [0.3, 0.4) is 0 Å². The van der Waals surface area contributed by atoms with Gasteiger partial charge in [0.15, 0.2) is 4.96 Å². The molecule has 5 rings (SSSR count). The quantitative estimate of drug-likeness (QED) is 0.625. The molecule has 0 N–H and O–H groups in total. The van der Waals surface area contributed by atoms with Crippen LogP contribution in [0.5, 0.6) is 0 Å². The summed E-state index contributed by atoms with van der Waals surface area (Å²) in [6, 6.07) is 11.8. The highest BCUT2D eigenvalue weighted by atomic mass is 32.1. The highest BCUT2D eigenvalue weighted by molar-refractivity contribution is 7.15. The zero-order valence-electron chi connectivity index (χ0n) is 17.4. The van der Waals surface area contributed by atoms with E-state index < -0.39 is 5.41 Å². The number of benzene rings is 1. The Labute approximate surface area is 184 Å². The minimum Gasteiger partial charge on any atom is -0.381 e. The Balaban J connectivity index is 1.28. The third-order valence-corrected chi connectivity index (χ3v) is 7.24. The van der Waals surface area contributed by atoms with Gasteiger partial charge in [-0.05, 0) is 18.4 Å². The molecule has 0 bridgehead atoms. The minimum absolute atomic E-state index is 0.0422. The molecule has 7 nitrogen and oxygen atoms in total. The van der Waals surface area contributed by atoms with Gasteiger partial charge in [0, 0.05) is 63.6 Å². The molecule has 31 heavy (non-hydrogen) atoms. The van der Waals surface area contributed by atoms with Crippen molar-refractivity contribution in [2.75, 3.05) is 39.4 Å². The number of aromatic nitrogens is 2. The summed E-state index contributed by atoms with van der Waals surface area (Å²) in [6.07, 6.45) is 3.21. The fraction of sp³-hybridized carbons (Fsp3) is 0.435. The summed E-state index contributed by atoms with van der Waals surface area (Å²) in [5, 5.41) is 1.87. The van der Waals surface area contributed by atoms with Gasteiger partial charge in [-0.3, -0.25) is 18.9 Å². The van der Waals surface area contributed by atoms with Crippen LogP contribution in [0.4, 0.5) is 0 Å². The molecular weight excluding hydrogens is 412 g/mol. The van der Waals surface area contributed by atoms with Crippen LogP contribution in [0, 0.1) is 0 Å². The number of thiazole rings is 1. The number of carbonyl (C=O) groups is 1. The van der Waals surface area contributed by atoms with Crippen molar-refractivity contribution in [2.24, 2.45) is 0 Å². The average Bonchev–Trinajstić information content (AvgIpc) is 3.29. The number of amides is 1. The summed E-state index contributed by atoms with van der Waals surface area (Å²) in [5.74, 6) is 0.220. The molecule has 1 aromatic carbocycles. The zero-order chi connectivity index (χ0) is 21.3. The standard InChI is InChI=1S/C23H26N4O3S/c28-20-16-19(24-22-27(20)12-15-31-22)17-25-8-10-26(11-9-25)21(29)23(6-13-30-14-7-23)18-4-2-1-3-5-18/h1-5,12,15-16H,6-11,13-14,17H2. The maximum atomic E-state index is 13.7. The van der Waals surface area contributed by atoms with E-state index in [-0.39, 0.29) is 11.5 Å². The highest BCUT2D eigenvalue weighted by Crippen LogP contribution is 2.37. The molecule has 0 radical (unpaired) electrons. The van der Waals surface area contributed by atoms with Crippen molar-refractivity contribution in [2.45, 2.75) is 24.8 Å². The summed E-state index contributed by atoms with van der Waals surface area (Å²) in [5.41, 5.74) is 1.36. The molecule has 0 atom stereocenters. The normalized spacial score (nSPS) is 19.5. The van der Waals surface area contributed by atoms with Crippen molar-refractivity contribution in [3.8, 4) is 0 Å². The monoisotopic (exact) mass is 438 g/mol. The molecule has 3 aromatic rings. The molecule has 0 spiro atoms. The predicted molar refractivity (Wildman–Crippen MR) is 119 cm³/mol. The van der Waals surface area contributed by atoms with Crippen LogP contribution in [0.25, 0.3) is 4.96 Å². The van der Waals surface area contributed by atoms with Gasteiger partial charge in [0.05, 0.1) is 11.1 Å². The number of ether oxygens (including phenoxy) is 1. The van der Waals surface area contributed by atoms with E-state index in [1.165, 1.54) is 11.3 Å². The SMILES string of the molecule is O=C(N1CCN(Cc2cc(=O)n3ccsc3n2)CC1)C1(c2ccccc2)CCOCC1. The lowest BCUT2D eigenvalue weighted by molar-refractivity contribution is -0.143. The smallest absolute Gasteiger partial charge is 0.258 e. The number of carbonyl (C=O) groups excluding carboxylic acids is 1. The van der Waals surface area contributed by atoms with Gasteiger partial charge >= 0.3 is 0 Å². The Bertz CT molecular complexity index is 1110. The lowest BCUT2D eigenvalue weighted by Gasteiger charge is -2.43. The molecule has 8 heteroatoms. The van der Waals surface area contributed by atoms with Crippen molar-refractivity contribution in [1.29, 1.82) is 0 Å². The van der Waals surface area contributed by atoms with Crippen LogP contribution in [0.15, 0.2) is 52.8 Å². The first-order chi connectivity index (χ1) is 15.2. The Morgan fingerprint density at radius 2 is 1.84 bits per heavy atom. The van der Waals surface area contributed by atoms with E-state index in [0.29, 0.717) is 32.8 Å². The van der Waals surface area contributed by atoms with Gasteiger partial charge in [0.1, 0.15) is 0 Å². The second kappa shape index (κ2) is 8.53. The molecule has 2 fully saturated rings. The second-order valence-corrected chi connectivity index (χ2v) is 9.14. The van der Waals surface area contributed by atoms with E-state index in [0.717, 1.165) is 42.1 Å². The maximum Gasteiger partial charge on any atom is 0.258 e. The van der Waals surface area contributed by atoms with E-state index >= 15 is 0 Å². The lowest BCUT2D eigenvalue weighted by atomic mass is 9.73. The first-order valence-electron chi connectivity index (χ1n) is 10.8. The van der Waals surface area contributed by atoms with Crippen LogP contribution in [0.2, 0.25) is 0 Å². The van der Waals surface area contributed by atoms with E-state index in [9.17, 15) is 9.59 Å². The van der Waals surface area contributed by atoms with Crippen molar-refractivity contribution in [3.05, 3.63) is 69.6 Å². The van der Waals surface area contributed by atoms with Crippen molar-refractivity contribution >= 4 is 22.2 Å². The van der Waals surface area contributed by atoms with Crippen LogP contribution in [-0.4, -0.2) is 64.5 Å². The van der Waals surface area contributed by atoms with E-state index in [1.807, 2.05) is 28.5 Å². The largest absolute Gasteiger partial charge is 0.381 e. The molecule has 2 saturated heterocycles. The Morgan fingerprint density at radius 1 is 1.10 bits per heavy atom. The Kier molecular flexibility index (Phi) is 5.60. The van der Waals surface area contributed by atoms with E-state index in [4.69, 9.17) is 4.74 Å². The highest BCUT2D eigenvalue weighted by Gasteiger charge is 2.44. The van der Waals surface area contributed by atoms with Gasteiger partial charge in [-0.2, -0.15) is 0 Å². The fourth-order valence-electron chi connectivity index (χ4n) is 4.71. The van der Waals surface area contributed by atoms with Crippen molar-refractivity contribution in [1.82, 2.24) is 19.2 Å². The third-order valence-electron chi connectivity index (χ3n) is 6.48. The zero-order valence-corrected chi connectivity index (χ0v) is 18.2. The lowest BCUT2D eigenvalue weighted by Crippen LogP contribution is -2.55. The number of nitrogens with zero attached hydrogens (tertiary/aromatic N) is 4. The Morgan fingerprint density at radius 3 is 2.58 bits per heavy atom. The third kappa shape index (κ3) is 3.91. The molecule has 2 aromatic heterocycles. The maximum absolute atomic E-state index is 13.7. The molecule has 2 aliphatic rings. The van der Waals surface area contributed by atoms with Crippen LogP contribution in [0.1, 0.15) is 24.1 Å². The fourth-order valence-corrected chi connectivity index (χ4v) is 5.45. The first-order valence-corrected chi connectivity index (χ1v) is 11.6. The molecule has 2 aliphatic heterocycles. The summed E-state index contributed by atoms with van der Waals surface area (Å²) >= 11 is 1.47. The first kappa shape index (κ1) is 20.4. The molecule has 162 valence electrons. The number of hydrogen-bond acceptors (Lipinski definition) is 6. The average molecular weight is 439 g/mol. The number of piperazine rings is 1. The number of fused-ring (bicyclic) bond motifs is 1. The molecular formula is C23H26N4O3S. The van der Waals surface area contributed by atoms with Gasteiger partial charge in [-0.15, -0.1) is 11.3 Å². The molecule has 4 heterocycles. The topological polar surface area (TPSA) is 67.2 Å². The van der Waals surface area contributed by atoms with Gasteiger partial charge < -0.3 is 9.64 Å². The van der Waals surface area contributed by atoms with Gasteiger partial charge in [-0.1, -0.05) is 30.3 Å². The minimum atomic E-state index is -0.484. The van der Waals surface area contributed by atoms with Crippen LogP contribution in [-0.2, 0) is 21.5 Å². The van der Waals surface area contributed by atoms with Gasteiger partial charge in [0.25, 0.3) is 5.56 Å². The summed E-state index contributed by atoms with van der Waals surface area (Å²) < 4.78 is 7.16. The summed E-state index contributed by atoms with van der Waals surface area (Å²) in [7, 11) is 0. The number of hydrogen-bond donors (Lipinski definition) is 0. The molecule has 0 unspecified atom stereocenters. The van der Waals surface area contributed by atoms with Crippen molar-refractivity contribution in [3.63, 3.8) is 0 Å². The van der Waals surface area contributed by atoms with E-state index in [1.54, 1.807) is 16.7 Å². The molecule has 1 amide bonds. The van der Waals surface area contributed by atoms with Crippen LogP contribution >= 0.6 is 11.3 Å². The van der Waals surface area contributed by atoms with E-state index in [2.05, 4.69) is 22.0 Å².